The van der Waals surface area contributed by atoms with Crippen LogP contribution in [0.2, 0.25) is 0 Å². The van der Waals surface area contributed by atoms with Crippen molar-refractivity contribution in [2.75, 3.05) is 0 Å². The molecule has 0 unspecified atom stereocenters. The molecule has 4 nitrogen and oxygen atoms in total. The monoisotopic (exact) mass is 362 g/mol. The summed E-state index contributed by atoms with van der Waals surface area (Å²) < 4.78 is 1.11. The van der Waals surface area contributed by atoms with Crippen molar-refractivity contribution in [1.82, 2.24) is 19.9 Å². The zero-order chi connectivity index (χ0) is 13.9. The third-order valence-electron chi connectivity index (χ3n) is 2.74. The van der Waals surface area contributed by atoms with E-state index in [0.717, 1.165) is 22.1 Å². The van der Waals surface area contributed by atoms with Gasteiger partial charge in [-0.2, -0.15) is 0 Å². The maximum atomic E-state index is 4.85. The van der Waals surface area contributed by atoms with E-state index in [9.17, 15) is 0 Å². The van der Waals surface area contributed by atoms with Crippen molar-refractivity contribution in [3.8, 4) is 0 Å². The van der Waals surface area contributed by atoms with Crippen LogP contribution < -0.4 is 9.97 Å². The van der Waals surface area contributed by atoms with Gasteiger partial charge in [-0.1, -0.05) is 73.0 Å². The maximum absolute atomic E-state index is 4.85. The average Bonchev–Trinajstić information content (AvgIpc) is 2.99. The summed E-state index contributed by atoms with van der Waals surface area (Å²) in [6.45, 7) is 0. The van der Waals surface area contributed by atoms with Gasteiger partial charge in [0.05, 0.1) is 0 Å². The van der Waals surface area contributed by atoms with Crippen LogP contribution in [-0.4, -0.2) is 9.97 Å². The molecule has 0 saturated carbocycles. The number of para-hydroxylation sites is 4. The summed E-state index contributed by atoms with van der Waals surface area (Å²) >= 11 is 9.69. The van der Waals surface area contributed by atoms with Crippen LogP contribution in [0, 0.1) is 9.54 Å². The Morgan fingerprint density at radius 2 is 1.05 bits per heavy atom. The Balaban J connectivity index is 0.000000147. The molecule has 0 fully saturated rings. The molecule has 2 aromatic carbocycles. The van der Waals surface area contributed by atoms with Crippen molar-refractivity contribution in [2.45, 2.75) is 0 Å². The van der Waals surface area contributed by atoms with Crippen molar-refractivity contribution >= 4 is 46.5 Å². The molecule has 21 heavy (non-hydrogen) atoms. The number of hydrogen-bond donors (Lipinski definition) is 2. The van der Waals surface area contributed by atoms with Gasteiger partial charge >= 0.3 is 19.5 Å². The molecular weight excluding hydrogens is 354 g/mol. The molecule has 0 radical (unpaired) electrons. The van der Waals surface area contributed by atoms with Gasteiger partial charge in [0.15, 0.2) is 0 Å². The summed E-state index contributed by atoms with van der Waals surface area (Å²) in [6, 6.07) is 15.6. The molecular formula is C14H10N4S2Zn. The van der Waals surface area contributed by atoms with E-state index < -0.39 is 0 Å². The van der Waals surface area contributed by atoms with E-state index in [1.54, 1.807) is 0 Å². The molecule has 4 rings (SSSR count). The summed E-state index contributed by atoms with van der Waals surface area (Å²) in [6.07, 6.45) is 0. The topological polar surface area (TPSA) is 59.8 Å². The zero-order valence-electron chi connectivity index (χ0n) is 11.0. The molecule has 0 atom stereocenters. The second kappa shape index (κ2) is 6.94. The van der Waals surface area contributed by atoms with E-state index in [0.29, 0.717) is 9.54 Å². The van der Waals surface area contributed by atoms with Crippen LogP contribution in [0.15, 0.2) is 48.5 Å². The van der Waals surface area contributed by atoms with Crippen LogP contribution in [0.1, 0.15) is 0 Å². The molecule has 4 aromatic rings. The zero-order valence-corrected chi connectivity index (χ0v) is 15.6. The van der Waals surface area contributed by atoms with Gasteiger partial charge in [0.1, 0.15) is 0 Å². The number of benzene rings is 2. The molecule has 0 aliphatic carbocycles. The SMILES string of the molecule is S=c1[n-]c2ccccc2[nH]1.S=c1[n-]c2ccccc2[nH]1.[Zn+2]. The summed E-state index contributed by atoms with van der Waals surface area (Å²) in [4.78, 5) is 14.1. The molecule has 2 N–H and O–H groups in total. The summed E-state index contributed by atoms with van der Waals surface area (Å²) in [7, 11) is 0. The first-order valence-electron chi connectivity index (χ1n) is 5.96. The molecule has 0 amide bonds. The second-order valence-electron chi connectivity index (χ2n) is 4.12. The Morgan fingerprint density at radius 1 is 0.667 bits per heavy atom. The quantitative estimate of drug-likeness (QED) is 0.369. The van der Waals surface area contributed by atoms with Gasteiger partial charge in [-0.05, 0) is 22.1 Å². The van der Waals surface area contributed by atoms with Crippen molar-refractivity contribution < 1.29 is 19.5 Å². The van der Waals surface area contributed by atoms with Crippen LogP contribution in [0.3, 0.4) is 0 Å². The molecule has 2 aromatic heterocycles. The summed E-state index contributed by atoms with van der Waals surface area (Å²) in [5.74, 6) is 0. The number of aromatic nitrogens is 4. The fraction of sp³-hybridized carbons (Fsp3) is 0. The van der Waals surface area contributed by atoms with Crippen molar-refractivity contribution in [3.05, 3.63) is 58.1 Å². The largest absolute Gasteiger partial charge is 2.00 e. The van der Waals surface area contributed by atoms with E-state index >= 15 is 0 Å². The standard InChI is InChI=1S/2C7H6N2S.Zn/c2*10-7-8-5-3-1-2-4-6(5)9-7;/h2*1-4H,(H2,8,9,10);/q;;+2/p-2. The number of nitrogens with zero attached hydrogens (tertiary/aromatic N) is 2. The molecule has 0 aliphatic heterocycles. The predicted octanol–water partition coefficient (Wildman–Crippen LogP) is 3.71. The third-order valence-corrected chi connectivity index (χ3v) is 3.12. The Morgan fingerprint density at radius 3 is 1.43 bits per heavy atom. The van der Waals surface area contributed by atoms with Crippen LogP contribution in [-0.2, 0) is 19.5 Å². The van der Waals surface area contributed by atoms with Gasteiger partial charge in [-0.25, -0.2) is 0 Å². The van der Waals surface area contributed by atoms with Gasteiger partial charge < -0.3 is 19.9 Å². The first-order chi connectivity index (χ1) is 9.72. The van der Waals surface area contributed by atoms with Crippen LogP contribution in [0.25, 0.3) is 22.1 Å². The Hall–Kier alpha value is -1.56. The van der Waals surface area contributed by atoms with Crippen LogP contribution >= 0.6 is 24.4 Å². The Kier molecular flexibility index (Phi) is 5.23. The fourth-order valence-corrected chi connectivity index (χ4v) is 2.28. The van der Waals surface area contributed by atoms with Gasteiger partial charge in [-0.3, -0.25) is 0 Å². The molecule has 100 valence electrons. The second-order valence-corrected chi connectivity index (χ2v) is 4.89. The Bertz CT molecular complexity index is 812. The van der Waals surface area contributed by atoms with E-state index in [2.05, 4.69) is 19.9 Å². The van der Waals surface area contributed by atoms with E-state index in [1.807, 2.05) is 48.5 Å². The van der Waals surface area contributed by atoms with Crippen molar-refractivity contribution in [2.24, 2.45) is 0 Å². The molecule has 0 bridgehead atoms. The number of hydrogen-bond acceptors (Lipinski definition) is 2. The minimum atomic E-state index is 0. The van der Waals surface area contributed by atoms with Crippen molar-refractivity contribution in [3.63, 3.8) is 0 Å². The van der Waals surface area contributed by atoms with Crippen LogP contribution in [0.4, 0.5) is 0 Å². The predicted molar refractivity (Wildman–Crippen MR) is 84.9 cm³/mol. The van der Waals surface area contributed by atoms with Crippen LogP contribution in [0.5, 0.6) is 0 Å². The molecule has 0 aliphatic rings. The van der Waals surface area contributed by atoms with Gasteiger partial charge in [-0.15, -0.1) is 0 Å². The van der Waals surface area contributed by atoms with E-state index in [4.69, 9.17) is 24.4 Å². The first kappa shape index (κ1) is 15.8. The molecule has 0 saturated heterocycles. The van der Waals surface area contributed by atoms with Gasteiger partial charge in [0.2, 0.25) is 0 Å². The third kappa shape index (κ3) is 3.75. The molecule has 0 spiro atoms. The van der Waals surface area contributed by atoms with E-state index in [1.165, 1.54) is 0 Å². The number of H-pyrrole nitrogens is 2. The number of aromatic amines is 2. The summed E-state index contributed by atoms with van der Waals surface area (Å²) in [5.41, 5.74) is 3.89. The fourth-order valence-electron chi connectivity index (χ4n) is 1.86. The van der Waals surface area contributed by atoms with Gasteiger partial charge in [0, 0.05) is 9.54 Å². The minimum absolute atomic E-state index is 0. The molecule has 2 heterocycles. The molecule has 7 heteroatoms. The maximum Gasteiger partial charge on any atom is 2.00 e. The van der Waals surface area contributed by atoms with E-state index in [-0.39, 0.29) is 19.5 Å². The summed E-state index contributed by atoms with van der Waals surface area (Å²) in [5, 5.41) is 0. The Labute approximate surface area is 143 Å². The average molecular weight is 364 g/mol. The van der Waals surface area contributed by atoms with Gasteiger partial charge in [0.25, 0.3) is 0 Å². The first-order valence-corrected chi connectivity index (χ1v) is 6.77. The number of nitrogens with one attached hydrogen (secondary N) is 2. The normalized spacial score (nSPS) is 9.90. The number of rotatable bonds is 0. The smallest absolute Gasteiger partial charge is 0.448 e. The minimum Gasteiger partial charge on any atom is -0.448 e. The van der Waals surface area contributed by atoms with Crippen molar-refractivity contribution in [1.29, 1.82) is 0 Å². The number of fused-ring (bicyclic) bond motifs is 2. The number of imidazole rings is 2.